The molecular weight excluding hydrogens is 269 g/mol. The van der Waals surface area contributed by atoms with Crippen molar-refractivity contribution in [1.29, 1.82) is 0 Å². The lowest BCUT2D eigenvalue weighted by Crippen LogP contribution is -2.22. The topological polar surface area (TPSA) is 30.5 Å². The number of benzene rings is 2. The molecule has 0 heterocycles. The lowest BCUT2D eigenvalue weighted by atomic mass is 9.97. The summed E-state index contributed by atoms with van der Waals surface area (Å²) in [5.74, 6) is 1.19. The van der Waals surface area contributed by atoms with Crippen molar-refractivity contribution in [1.82, 2.24) is 5.32 Å². The van der Waals surface area contributed by atoms with Crippen LogP contribution in [0.3, 0.4) is 0 Å². The largest absolute Gasteiger partial charge is 0.497 e. The van der Waals surface area contributed by atoms with Crippen molar-refractivity contribution < 1.29 is 13.9 Å². The molecule has 1 atom stereocenters. The molecule has 2 aromatic rings. The van der Waals surface area contributed by atoms with E-state index in [2.05, 4.69) is 5.32 Å². The summed E-state index contributed by atoms with van der Waals surface area (Å²) in [5, 5.41) is 3.37. The van der Waals surface area contributed by atoms with Gasteiger partial charge in [-0.25, -0.2) is 4.39 Å². The van der Waals surface area contributed by atoms with Crippen LogP contribution >= 0.6 is 0 Å². The Bertz CT molecular complexity index is 601. The van der Waals surface area contributed by atoms with Crippen molar-refractivity contribution in [2.75, 3.05) is 20.8 Å². The number of halogens is 1. The summed E-state index contributed by atoms with van der Waals surface area (Å²) >= 11 is 0. The van der Waals surface area contributed by atoms with E-state index in [0.717, 1.165) is 23.4 Å². The maximum atomic E-state index is 13.5. The van der Waals surface area contributed by atoms with Gasteiger partial charge >= 0.3 is 0 Å². The van der Waals surface area contributed by atoms with E-state index in [9.17, 15) is 4.39 Å². The lowest BCUT2D eigenvalue weighted by Gasteiger charge is -2.21. The molecule has 0 spiro atoms. The number of rotatable bonds is 6. The molecule has 1 N–H and O–H groups in total. The Hall–Kier alpha value is -2.07. The Morgan fingerprint density at radius 1 is 1.10 bits per heavy atom. The molecule has 3 nitrogen and oxygen atoms in total. The average Bonchev–Trinajstić information content (AvgIpc) is 2.52. The molecule has 0 aliphatic heterocycles. The van der Waals surface area contributed by atoms with Crippen LogP contribution in [-0.2, 0) is 0 Å². The first-order chi connectivity index (χ1) is 10.2. The molecule has 2 rings (SSSR count). The lowest BCUT2D eigenvalue weighted by molar-refractivity contribution is 0.387. The zero-order valence-electron chi connectivity index (χ0n) is 12.5. The molecule has 2 aromatic carbocycles. The van der Waals surface area contributed by atoms with Crippen molar-refractivity contribution in [2.24, 2.45) is 0 Å². The molecule has 0 radical (unpaired) electrons. The molecule has 0 aliphatic carbocycles. The Kier molecular flexibility index (Phi) is 5.17. The number of hydrogen-bond acceptors (Lipinski definition) is 3. The summed E-state index contributed by atoms with van der Waals surface area (Å²) in [6.07, 6.45) is 0. The van der Waals surface area contributed by atoms with E-state index in [1.807, 2.05) is 31.2 Å². The van der Waals surface area contributed by atoms with Crippen LogP contribution in [0.2, 0.25) is 0 Å². The summed E-state index contributed by atoms with van der Waals surface area (Å²) in [7, 11) is 3.23. The molecule has 0 aromatic heterocycles. The summed E-state index contributed by atoms with van der Waals surface area (Å²) in [6.45, 7) is 2.78. The van der Waals surface area contributed by atoms with Crippen molar-refractivity contribution in [3.05, 3.63) is 59.4 Å². The van der Waals surface area contributed by atoms with Crippen molar-refractivity contribution in [3.8, 4) is 11.5 Å². The molecule has 0 bridgehead atoms. The van der Waals surface area contributed by atoms with Crippen LogP contribution in [0.1, 0.15) is 24.1 Å². The second kappa shape index (κ2) is 7.09. The molecule has 0 aliphatic rings. The maximum Gasteiger partial charge on any atom is 0.127 e. The van der Waals surface area contributed by atoms with Crippen LogP contribution in [0.15, 0.2) is 42.5 Å². The normalized spacial score (nSPS) is 12.0. The summed E-state index contributed by atoms with van der Waals surface area (Å²) in [4.78, 5) is 0. The smallest absolute Gasteiger partial charge is 0.127 e. The van der Waals surface area contributed by atoms with Gasteiger partial charge in [0, 0.05) is 11.6 Å². The molecule has 21 heavy (non-hydrogen) atoms. The van der Waals surface area contributed by atoms with Crippen molar-refractivity contribution in [3.63, 3.8) is 0 Å². The first kappa shape index (κ1) is 15.3. The van der Waals surface area contributed by atoms with E-state index in [1.54, 1.807) is 20.3 Å². The first-order valence-corrected chi connectivity index (χ1v) is 6.90. The SMILES string of the molecule is CCNC(c1cccc(F)c1)c1ccc(OC)cc1OC. The van der Waals surface area contributed by atoms with Gasteiger partial charge in [-0.05, 0) is 36.4 Å². The van der Waals surface area contributed by atoms with E-state index in [-0.39, 0.29) is 11.9 Å². The van der Waals surface area contributed by atoms with Crippen molar-refractivity contribution in [2.45, 2.75) is 13.0 Å². The predicted molar refractivity (Wildman–Crippen MR) is 81.5 cm³/mol. The van der Waals surface area contributed by atoms with Gasteiger partial charge in [0.25, 0.3) is 0 Å². The zero-order valence-corrected chi connectivity index (χ0v) is 12.5. The van der Waals surface area contributed by atoms with E-state index in [4.69, 9.17) is 9.47 Å². The van der Waals surface area contributed by atoms with Crippen LogP contribution in [0.5, 0.6) is 11.5 Å². The maximum absolute atomic E-state index is 13.5. The summed E-state index contributed by atoms with van der Waals surface area (Å²) in [5.41, 5.74) is 1.81. The Morgan fingerprint density at radius 3 is 2.52 bits per heavy atom. The second-order valence-electron chi connectivity index (χ2n) is 4.65. The van der Waals surface area contributed by atoms with Gasteiger partial charge in [0.1, 0.15) is 17.3 Å². The Labute approximate surface area is 124 Å². The molecular formula is C17H20FNO2. The molecule has 0 saturated carbocycles. The molecule has 0 amide bonds. The van der Waals surface area contributed by atoms with Gasteiger partial charge in [-0.1, -0.05) is 19.1 Å². The fourth-order valence-corrected chi connectivity index (χ4v) is 2.35. The average molecular weight is 289 g/mol. The quantitative estimate of drug-likeness (QED) is 0.882. The van der Waals surface area contributed by atoms with Gasteiger partial charge in [-0.15, -0.1) is 0 Å². The number of ether oxygens (including phenoxy) is 2. The highest BCUT2D eigenvalue weighted by Crippen LogP contribution is 2.33. The highest BCUT2D eigenvalue weighted by atomic mass is 19.1. The van der Waals surface area contributed by atoms with Crippen molar-refractivity contribution >= 4 is 0 Å². The predicted octanol–water partition coefficient (Wildman–Crippen LogP) is 3.54. The minimum atomic E-state index is -0.247. The van der Waals surface area contributed by atoms with Crippen LogP contribution in [-0.4, -0.2) is 20.8 Å². The molecule has 0 saturated heterocycles. The third-order valence-electron chi connectivity index (χ3n) is 3.34. The minimum Gasteiger partial charge on any atom is -0.497 e. The fourth-order valence-electron chi connectivity index (χ4n) is 2.35. The van der Waals surface area contributed by atoms with Gasteiger partial charge in [-0.3, -0.25) is 0 Å². The monoisotopic (exact) mass is 289 g/mol. The van der Waals surface area contributed by atoms with E-state index >= 15 is 0 Å². The van der Waals surface area contributed by atoms with Crippen LogP contribution in [0.4, 0.5) is 4.39 Å². The number of hydrogen-bond donors (Lipinski definition) is 1. The highest BCUT2D eigenvalue weighted by Gasteiger charge is 2.18. The highest BCUT2D eigenvalue weighted by molar-refractivity contribution is 5.46. The number of methoxy groups -OCH3 is 2. The van der Waals surface area contributed by atoms with Gasteiger partial charge in [-0.2, -0.15) is 0 Å². The van der Waals surface area contributed by atoms with Gasteiger partial charge in [0.2, 0.25) is 0 Å². The van der Waals surface area contributed by atoms with Gasteiger partial charge in [0.15, 0.2) is 0 Å². The van der Waals surface area contributed by atoms with Gasteiger partial charge in [0.05, 0.1) is 20.3 Å². The minimum absolute atomic E-state index is 0.133. The molecule has 1 unspecified atom stereocenters. The summed E-state index contributed by atoms with van der Waals surface area (Å²) < 4.78 is 24.2. The molecule has 0 fully saturated rings. The fraction of sp³-hybridized carbons (Fsp3) is 0.294. The summed E-state index contributed by atoms with van der Waals surface area (Å²) in [6, 6.07) is 12.1. The number of nitrogens with one attached hydrogen (secondary N) is 1. The molecule has 4 heteroatoms. The third-order valence-corrected chi connectivity index (χ3v) is 3.34. The second-order valence-corrected chi connectivity index (χ2v) is 4.65. The van der Waals surface area contributed by atoms with E-state index in [1.165, 1.54) is 12.1 Å². The zero-order chi connectivity index (χ0) is 15.2. The standard InChI is InChI=1S/C17H20FNO2/c1-4-19-17(12-6-5-7-13(18)10-12)15-9-8-14(20-2)11-16(15)21-3/h5-11,17,19H,4H2,1-3H3. The third kappa shape index (κ3) is 3.52. The van der Waals surface area contributed by atoms with Crippen LogP contribution in [0.25, 0.3) is 0 Å². The van der Waals surface area contributed by atoms with E-state index in [0.29, 0.717) is 5.75 Å². The molecule has 112 valence electrons. The Balaban J connectivity index is 2.47. The van der Waals surface area contributed by atoms with Gasteiger partial charge < -0.3 is 14.8 Å². The first-order valence-electron chi connectivity index (χ1n) is 6.90. The van der Waals surface area contributed by atoms with Crippen LogP contribution < -0.4 is 14.8 Å². The van der Waals surface area contributed by atoms with E-state index < -0.39 is 0 Å². The Morgan fingerprint density at radius 2 is 1.90 bits per heavy atom. The van der Waals surface area contributed by atoms with Crippen LogP contribution in [0, 0.1) is 5.82 Å².